The fourth-order valence-corrected chi connectivity index (χ4v) is 1.64. The summed E-state index contributed by atoms with van der Waals surface area (Å²) >= 11 is 1.47. The Morgan fingerprint density at radius 1 is 1.56 bits per heavy atom. The van der Waals surface area contributed by atoms with Crippen molar-refractivity contribution in [2.75, 3.05) is 0 Å². The molecular formula is C9H8N4O2S. The van der Waals surface area contributed by atoms with Gasteiger partial charge in [-0.15, -0.1) is 16.0 Å². The van der Waals surface area contributed by atoms with E-state index in [1.165, 1.54) is 24.5 Å². The van der Waals surface area contributed by atoms with Crippen molar-refractivity contribution in [3.05, 3.63) is 48.9 Å². The summed E-state index contributed by atoms with van der Waals surface area (Å²) in [5.74, 6) is 0. The molecule has 0 saturated heterocycles. The average Bonchev–Trinajstić information content (AvgIpc) is 2.77. The number of nitrogens with one attached hydrogen (secondary N) is 1. The lowest BCUT2D eigenvalue weighted by atomic mass is 10.5. The van der Waals surface area contributed by atoms with Crippen LogP contribution in [0, 0.1) is 6.92 Å². The average molecular weight is 236 g/mol. The topological polar surface area (TPSA) is 80.1 Å². The number of hydrogen-bond donors (Lipinski definition) is 1. The molecule has 0 saturated carbocycles. The lowest BCUT2D eigenvalue weighted by Gasteiger charge is -1.95. The van der Waals surface area contributed by atoms with E-state index in [2.05, 4.69) is 15.3 Å². The van der Waals surface area contributed by atoms with Gasteiger partial charge in [-0.3, -0.25) is 4.79 Å². The normalized spacial score (nSPS) is 11.1. The monoisotopic (exact) mass is 236 g/mol. The third-order valence-corrected chi connectivity index (χ3v) is 2.66. The highest BCUT2D eigenvalue weighted by molar-refractivity contribution is 7.11. The number of hydrogen-bond acceptors (Lipinski definition) is 5. The smallest absolute Gasteiger partial charge is 0.265 e. The maximum atomic E-state index is 11.5. The Labute approximate surface area is 93.9 Å². The summed E-state index contributed by atoms with van der Waals surface area (Å²) in [6, 6.07) is 3.69. The summed E-state index contributed by atoms with van der Waals surface area (Å²) in [5.41, 5.74) is -0.970. The van der Waals surface area contributed by atoms with Gasteiger partial charge in [-0.25, -0.2) is 9.89 Å². The summed E-state index contributed by atoms with van der Waals surface area (Å²) in [7, 11) is 0. The molecule has 2 aromatic rings. The molecular weight excluding hydrogens is 228 g/mol. The quantitative estimate of drug-likeness (QED) is 0.755. The zero-order chi connectivity index (χ0) is 11.5. The van der Waals surface area contributed by atoms with Gasteiger partial charge in [0.2, 0.25) is 0 Å². The maximum Gasteiger partial charge on any atom is 0.365 e. The molecule has 0 fully saturated rings. The second kappa shape index (κ2) is 4.23. The van der Waals surface area contributed by atoms with Crippen LogP contribution in [0.3, 0.4) is 0 Å². The number of H-pyrrole nitrogens is 1. The van der Waals surface area contributed by atoms with Gasteiger partial charge < -0.3 is 0 Å². The van der Waals surface area contributed by atoms with E-state index in [1.54, 1.807) is 0 Å². The third kappa shape index (κ3) is 1.98. The van der Waals surface area contributed by atoms with Crippen molar-refractivity contribution < 1.29 is 0 Å². The lowest BCUT2D eigenvalue weighted by Crippen LogP contribution is -2.35. The molecule has 6 nitrogen and oxygen atoms in total. The van der Waals surface area contributed by atoms with Gasteiger partial charge >= 0.3 is 5.69 Å². The zero-order valence-corrected chi connectivity index (χ0v) is 9.19. The van der Waals surface area contributed by atoms with E-state index in [1.807, 2.05) is 17.5 Å². The predicted molar refractivity (Wildman–Crippen MR) is 61.2 cm³/mol. The van der Waals surface area contributed by atoms with Crippen molar-refractivity contribution in [1.82, 2.24) is 14.9 Å². The van der Waals surface area contributed by atoms with E-state index in [-0.39, 0.29) is 5.69 Å². The molecule has 7 heteroatoms. The van der Waals surface area contributed by atoms with Crippen molar-refractivity contribution in [3.63, 3.8) is 0 Å². The molecule has 2 aromatic heterocycles. The van der Waals surface area contributed by atoms with Crippen LogP contribution >= 0.6 is 11.3 Å². The maximum absolute atomic E-state index is 11.5. The minimum atomic E-state index is -0.650. The Kier molecular flexibility index (Phi) is 2.78. The molecule has 0 bridgehead atoms. The van der Waals surface area contributed by atoms with Crippen LogP contribution in [-0.2, 0) is 0 Å². The van der Waals surface area contributed by atoms with E-state index >= 15 is 0 Å². The molecule has 0 spiro atoms. The van der Waals surface area contributed by atoms with Crippen LogP contribution in [0.2, 0.25) is 0 Å². The highest BCUT2D eigenvalue weighted by Gasteiger charge is 2.02. The van der Waals surface area contributed by atoms with Crippen LogP contribution in [0.4, 0.5) is 0 Å². The van der Waals surface area contributed by atoms with E-state index in [0.717, 1.165) is 9.55 Å². The van der Waals surface area contributed by atoms with Crippen LogP contribution in [0.5, 0.6) is 0 Å². The van der Waals surface area contributed by atoms with Crippen LogP contribution in [0.15, 0.2) is 32.2 Å². The highest BCUT2D eigenvalue weighted by atomic mass is 32.1. The first-order chi connectivity index (χ1) is 7.68. The first-order valence-electron chi connectivity index (χ1n) is 4.44. The van der Waals surface area contributed by atoms with Gasteiger partial charge in [0.25, 0.3) is 5.56 Å². The molecule has 82 valence electrons. The molecule has 2 heterocycles. The molecule has 0 aliphatic carbocycles. The number of aromatic nitrogens is 3. The molecule has 0 amide bonds. The van der Waals surface area contributed by atoms with Crippen LogP contribution in [0.25, 0.3) is 0 Å². The standard InChI is InChI=1S/C9H8N4O2S/c1-6-8(14)13(9(15)12-11-6)10-5-7-3-2-4-16-7/h2-5H,1H3,(H,12,15)/b10-5+. The van der Waals surface area contributed by atoms with E-state index in [4.69, 9.17) is 0 Å². The summed E-state index contributed by atoms with van der Waals surface area (Å²) in [6.07, 6.45) is 1.46. The number of nitrogens with zero attached hydrogens (tertiary/aromatic N) is 3. The molecule has 1 N–H and O–H groups in total. The highest BCUT2D eigenvalue weighted by Crippen LogP contribution is 2.04. The van der Waals surface area contributed by atoms with Gasteiger partial charge in [-0.1, -0.05) is 6.07 Å². The first-order valence-corrected chi connectivity index (χ1v) is 5.32. The molecule has 0 unspecified atom stereocenters. The number of rotatable bonds is 2. The SMILES string of the molecule is Cc1n[nH]c(=O)n(/N=C/c2cccs2)c1=O. The van der Waals surface area contributed by atoms with Crippen molar-refractivity contribution >= 4 is 17.6 Å². The van der Waals surface area contributed by atoms with Crippen LogP contribution in [0.1, 0.15) is 10.6 Å². The van der Waals surface area contributed by atoms with E-state index in [9.17, 15) is 9.59 Å². The third-order valence-electron chi connectivity index (χ3n) is 1.86. The summed E-state index contributed by atoms with van der Waals surface area (Å²) in [5, 5.41) is 11.4. The van der Waals surface area contributed by atoms with Crippen molar-refractivity contribution in [2.24, 2.45) is 5.10 Å². The minimum Gasteiger partial charge on any atom is -0.265 e. The Balaban J connectivity index is 2.46. The van der Waals surface area contributed by atoms with Gasteiger partial charge in [0, 0.05) is 4.88 Å². The first kappa shape index (κ1) is 10.5. The number of thiophene rings is 1. The Morgan fingerprint density at radius 3 is 3.06 bits per heavy atom. The van der Waals surface area contributed by atoms with Crippen molar-refractivity contribution in [3.8, 4) is 0 Å². The fraction of sp³-hybridized carbons (Fsp3) is 0.111. The molecule has 0 radical (unpaired) electrons. The number of aromatic amines is 1. The summed E-state index contributed by atoms with van der Waals surface area (Å²) < 4.78 is 0.752. The second-order valence-corrected chi connectivity index (χ2v) is 3.97. The predicted octanol–water partition coefficient (Wildman–Crippen LogP) is 0.184. The van der Waals surface area contributed by atoms with Gasteiger partial charge in [-0.05, 0) is 18.4 Å². The van der Waals surface area contributed by atoms with E-state index < -0.39 is 11.2 Å². The van der Waals surface area contributed by atoms with Gasteiger partial charge in [0.05, 0.1) is 6.21 Å². The van der Waals surface area contributed by atoms with Crippen molar-refractivity contribution in [2.45, 2.75) is 6.92 Å². The number of aryl methyl sites for hydroxylation is 1. The zero-order valence-electron chi connectivity index (χ0n) is 8.38. The largest absolute Gasteiger partial charge is 0.365 e. The van der Waals surface area contributed by atoms with Crippen LogP contribution < -0.4 is 11.2 Å². The van der Waals surface area contributed by atoms with Gasteiger partial charge in [-0.2, -0.15) is 10.2 Å². The summed E-state index contributed by atoms with van der Waals surface area (Å²) in [4.78, 5) is 23.7. The molecule has 0 atom stereocenters. The Morgan fingerprint density at radius 2 is 2.38 bits per heavy atom. The molecule has 16 heavy (non-hydrogen) atoms. The molecule has 0 aromatic carbocycles. The van der Waals surface area contributed by atoms with Gasteiger partial charge in [0.1, 0.15) is 5.69 Å². The second-order valence-electron chi connectivity index (χ2n) is 2.99. The Bertz CT molecular complexity index is 624. The molecule has 2 rings (SSSR count). The Hall–Kier alpha value is -2.02. The van der Waals surface area contributed by atoms with Crippen LogP contribution in [-0.4, -0.2) is 21.1 Å². The van der Waals surface area contributed by atoms with Gasteiger partial charge in [0.15, 0.2) is 0 Å². The fourth-order valence-electron chi connectivity index (χ4n) is 1.06. The molecule has 0 aliphatic rings. The summed E-state index contributed by atoms with van der Waals surface area (Å²) in [6.45, 7) is 1.51. The van der Waals surface area contributed by atoms with Crippen molar-refractivity contribution in [1.29, 1.82) is 0 Å². The lowest BCUT2D eigenvalue weighted by molar-refractivity contribution is 0.694. The van der Waals surface area contributed by atoms with E-state index in [0.29, 0.717) is 0 Å². The molecule has 0 aliphatic heterocycles. The minimum absolute atomic E-state index is 0.197.